The minimum absolute atomic E-state index is 0.0576. The first kappa shape index (κ1) is 27.4. The summed E-state index contributed by atoms with van der Waals surface area (Å²) in [4.78, 5) is 33.9. The molecule has 0 spiro atoms. The maximum Gasteiger partial charge on any atom is 0.420 e. The number of hydrogen-bond acceptors (Lipinski definition) is 8. The number of carboxylic acids is 1. The van der Waals surface area contributed by atoms with Gasteiger partial charge >= 0.3 is 24.3 Å². The summed E-state index contributed by atoms with van der Waals surface area (Å²) in [7, 11) is 0. The number of nitrogens with zero attached hydrogens (tertiary/aromatic N) is 3. The molecule has 2 heterocycles. The van der Waals surface area contributed by atoms with E-state index < -0.39 is 36.5 Å². The van der Waals surface area contributed by atoms with Crippen LogP contribution in [0.25, 0.3) is 10.3 Å². The first-order chi connectivity index (χ1) is 16.8. The Labute approximate surface area is 210 Å². The van der Waals surface area contributed by atoms with E-state index in [0.29, 0.717) is 21.1 Å². The molecule has 3 aromatic rings. The first-order valence-corrected chi connectivity index (χ1v) is 11.5. The number of rotatable bonds is 10. The summed E-state index contributed by atoms with van der Waals surface area (Å²) in [6.45, 7) is 0.0576. The highest BCUT2D eigenvalue weighted by molar-refractivity contribution is 7.82. The first-order valence-electron chi connectivity index (χ1n) is 10.2. The second-order valence-electron chi connectivity index (χ2n) is 7.36. The van der Waals surface area contributed by atoms with E-state index in [9.17, 15) is 31.5 Å². The van der Waals surface area contributed by atoms with Crippen LogP contribution in [-0.4, -0.2) is 46.0 Å². The standard InChI is InChI=1S/C21H18F5N3O5S2/c22-20(23,24)11-21(25,26)34-13-6-4-12(5-7-13)33-19(32)29(10-2-1-3-16(30)31)15-9-8-14-17(28-15)36-18(35)27-14/h4-9H,1-3,10-11H2,(H,27,35)(H,30,31). The Balaban J connectivity index is 1.73. The number of aromatic nitrogens is 2. The lowest BCUT2D eigenvalue weighted by Crippen LogP contribution is -2.35. The number of carbonyl (C=O) groups is 2. The molecule has 0 saturated heterocycles. The van der Waals surface area contributed by atoms with Gasteiger partial charge in [-0.3, -0.25) is 9.69 Å². The number of fused-ring (bicyclic) bond motifs is 1. The minimum atomic E-state index is -5.13. The lowest BCUT2D eigenvalue weighted by molar-refractivity contribution is -0.255. The summed E-state index contributed by atoms with van der Waals surface area (Å²) in [6.07, 6.45) is -12.5. The summed E-state index contributed by atoms with van der Waals surface area (Å²) >= 11 is 5.35. The molecule has 194 valence electrons. The summed E-state index contributed by atoms with van der Waals surface area (Å²) < 4.78 is 73.5. The van der Waals surface area contributed by atoms with Gasteiger partial charge in [-0.05, 0) is 49.2 Å². The number of thiazole rings is 1. The SMILES string of the molecule is O=C(O)CCCCN(C(=O)Oc1ccc(OC(F)(F)CC(F)(F)F)cc1)c1ccc2nc(S)sc2n1. The average Bonchev–Trinajstić information content (AvgIpc) is 3.12. The van der Waals surface area contributed by atoms with Crippen molar-refractivity contribution in [2.75, 3.05) is 11.4 Å². The van der Waals surface area contributed by atoms with Crippen molar-refractivity contribution < 1.29 is 46.1 Å². The molecule has 0 aliphatic rings. The lowest BCUT2D eigenvalue weighted by atomic mass is 10.2. The van der Waals surface area contributed by atoms with Crippen molar-refractivity contribution >= 4 is 52.2 Å². The Morgan fingerprint density at radius 3 is 2.31 bits per heavy atom. The van der Waals surface area contributed by atoms with Crippen LogP contribution < -0.4 is 14.4 Å². The summed E-state index contributed by atoms with van der Waals surface area (Å²) in [5, 5.41) is 8.83. The molecule has 2 aromatic heterocycles. The summed E-state index contributed by atoms with van der Waals surface area (Å²) in [5.41, 5.74) is 0.561. The van der Waals surface area contributed by atoms with Crippen LogP contribution in [0.2, 0.25) is 0 Å². The van der Waals surface area contributed by atoms with Gasteiger partial charge in [0.15, 0.2) is 0 Å². The second kappa shape index (κ2) is 11.2. The average molecular weight is 552 g/mol. The molecule has 0 fully saturated rings. The lowest BCUT2D eigenvalue weighted by Gasteiger charge is -2.21. The van der Waals surface area contributed by atoms with E-state index in [4.69, 9.17) is 9.84 Å². The van der Waals surface area contributed by atoms with Crippen LogP contribution in [0.3, 0.4) is 0 Å². The van der Waals surface area contributed by atoms with Crippen molar-refractivity contribution in [2.24, 2.45) is 0 Å². The molecule has 1 N–H and O–H groups in total. The number of anilines is 1. The van der Waals surface area contributed by atoms with E-state index in [-0.39, 0.29) is 31.0 Å². The molecule has 0 aliphatic heterocycles. The van der Waals surface area contributed by atoms with Crippen molar-refractivity contribution in [2.45, 2.75) is 42.3 Å². The number of thiol groups is 1. The number of ether oxygens (including phenoxy) is 2. The number of aliphatic carboxylic acids is 1. The number of carboxylic acid groups (broad SMARTS) is 1. The predicted molar refractivity (Wildman–Crippen MR) is 122 cm³/mol. The van der Waals surface area contributed by atoms with Gasteiger partial charge in [-0.25, -0.2) is 14.8 Å². The van der Waals surface area contributed by atoms with Crippen molar-refractivity contribution in [3.8, 4) is 11.5 Å². The summed E-state index contributed by atoms with van der Waals surface area (Å²) in [5.74, 6) is -1.45. The van der Waals surface area contributed by atoms with E-state index in [1.807, 2.05) is 0 Å². The molecular weight excluding hydrogens is 533 g/mol. The number of carbonyl (C=O) groups excluding carboxylic acids is 1. The van der Waals surface area contributed by atoms with Crippen LogP contribution in [0.1, 0.15) is 25.7 Å². The van der Waals surface area contributed by atoms with E-state index >= 15 is 0 Å². The van der Waals surface area contributed by atoms with Crippen LogP contribution in [0.5, 0.6) is 11.5 Å². The Hall–Kier alpha value is -3.20. The number of pyridine rings is 1. The predicted octanol–water partition coefficient (Wildman–Crippen LogP) is 6.16. The fourth-order valence-electron chi connectivity index (χ4n) is 2.97. The maximum absolute atomic E-state index is 13.4. The monoisotopic (exact) mass is 551 g/mol. The van der Waals surface area contributed by atoms with Crippen LogP contribution in [0.15, 0.2) is 40.7 Å². The van der Waals surface area contributed by atoms with Crippen molar-refractivity contribution in [1.82, 2.24) is 9.97 Å². The maximum atomic E-state index is 13.4. The van der Waals surface area contributed by atoms with Crippen LogP contribution in [-0.2, 0) is 4.79 Å². The van der Waals surface area contributed by atoms with Crippen molar-refractivity contribution in [1.29, 1.82) is 0 Å². The van der Waals surface area contributed by atoms with Crippen LogP contribution in [0, 0.1) is 0 Å². The van der Waals surface area contributed by atoms with Gasteiger partial charge in [0, 0.05) is 13.0 Å². The van der Waals surface area contributed by atoms with E-state index in [1.165, 1.54) is 22.3 Å². The third-order valence-corrected chi connectivity index (χ3v) is 5.59. The number of amides is 1. The van der Waals surface area contributed by atoms with E-state index in [2.05, 4.69) is 27.3 Å². The molecule has 0 radical (unpaired) electrons. The zero-order valence-corrected chi connectivity index (χ0v) is 19.9. The molecule has 1 amide bonds. The third-order valence-electron chi connectivity index (χ3n) is 4.45. The molecule has 0 unspecified atom stereocenters. The van der Waals surface area contributed by atoms with Gasteiger partial charge < -0.3 is 14.6 Å². The topological polar surface area (TPSA) is 102 Å². The zero-order chi connectivity index (χ0) is 26.5. The molecule has 1 aromatic carbocycles. The van der Waals surface area contributed by atoms with Gasteiger partial charge in [-0.1, -0.05) is 11.3 Å². The molecule has 3 rings (SSSR count). The number of unbranched alkanes of at least 4 members (excludes halogenated alkanes) is 1. The van der Waals surface area contributed by atoms with Crippen molar-refractivity contribution in [3.05, 3.63) is 36.4 Å². The van der Waals surface area contributed by atoms with Crippen molar-refractivity contribution in [3.63, 3.8) is 0 Å². The van der Waals surface area contributed by atoms with Gasteiger partial charge in [0.25, 0.3) is 0 Å². The van der Waals surface area contributed by atoms with Crippen LogP contribution in [0.4, 0.5) is 32.6 Å². The Morgan fingerprint density at radius 1 is 1.00 bits per heavy atom. The molecule has 0 atom stereocenters. The molecule has 0 aliphatic carbocycles. The van der Waals surface area contributed by atoms with Gasteiger partial charge in [0.05, 0.1) is 0 Å². The zero-order valence-electron chi connectivity index (χ0n) is 18.2. The number of hydrogen-bond donors (Lipinski definition) is 2. The quantitative estimate of drug-likeness (QED) is 0.177. The molecule has 0 bridgehead atoms. The highest BCUT2D eigenvalue weighted by Gasteiger charge is 2.45. The highest BCUT2D eigenvalue weighted by atomic mass is 32.2. The molecular formula is C21H18F5N3O5S2. The fourth-order valence-corrected chi connectivity index (χ4v) is 4.01. The normalized spacial score (nSPS) is 11.9. The smallest absolute Gasteiger partial charge is 0.420 e. The Kier molecular flexibility index (Phi) is 8.55. The largest absolute Gasteiger partial charge is 0.481 e. The Bertz CT molecular complexity index is 1220. The number of alkyl halides is 5. The Morgan fingerprint density at radius 2 is 1.67 bits per heavy atom. The number of halogens is 5. The van der Waals surface area contributed by atoms with Crippen LogP contribution >= 0.6 is 24.0 Å². The van der Waals surface area contributed by atoms with Gasteiger partial charge in [0.2, 0.25) is 0 Å². The third kappa shape index (κ3) is 8.19. The molecule has 36 heavy (non-hydrogen) atoms. The highest BCUT2D eigenvalue weighted by Crippen LogP contribution is 2.34. The summed E-state index contributed by atoms with van der Waals surface area (Å²) in [6, 6.07) is 7.16. The molecule has 0 saturated carbocycles. The molecule has 15 heteroatoms. The van der Waals surface area contributed by atoms with E-state index in [0.717, 1.165) is 24.3 Å². The van der Waals surface area contributed by atoms with Gasteiger partial charge in [-0.2, -0.15) is 22.0 Å². The molecule has 8 nitrogen and oxygen atoms in total. The number of benzene rings is 1. The minimum Gasteiger partial charge on any atom is -0.481 e. The second-order valence-corrected chi connectivity index (χ2v) is 9.07. The van der Waals surface area contributed by atoms with Gasteiger partial charge in [-0.15, -0.1) is 12.6 Å². The van der Waals surface area contributed by atoms with Gasteiger partial charge in [0.1, 0.15) is 38.4 Å². The van der Waals surface area contributed by atoms with E-state index in [1.54, 1.807) is 6.07 Å². The fraction of sp³-hybridized carbons (Fsp3) is 0.333.